The molecule has 130 valence electrons. The van der Waals surface area contributed by atoms with E-state index in [1.165, 1.54) is 11.3 Å². The maximum Gasteiger partial charge on any atom is 0.416 e. The monoisotopic (exact) mass is 332 g/mol. The highest BCUT2D eigenvalue weighted by molar-refractivity contribution is 5.87. The maximum absolute atomic E-state index is 12.6. The summed E-state index contributed by atoms with van der Waals surface area (Å²) in [6, 6.07) is 8.25. The van der Waals surface area contributed by atoms with Gasteiger partial charge < -0.3 is 15.2 Å². The first-order valence-electron chi connectivity index (χ1n) is 8.65. The minimum absolute atomic E-state index is 0.119. The van der Waals surface area contributed by atoms with Gasteiger partial charge in [-0.05, 0) is 25.0 Å². The van der Waals surface area contributed by atoms with E-state index >= 15 is 0 Å². The SMILES string of the molecule is O=C(NC1CCCCC1)[C@H]1C[C@@H](O)CN1C(=O)Oc1ccccc1. The second-order valence-electron chi connectivity index (χ2n) is 6.58. The van der Waals surface area contributed by atoms with Crippen molar-refractivity contribution in [1.29, 1.82) is 0 Å². The van der Waals surface area contributed by atoms with Gasteiger partial charge in [-0.15, -0.1) is 0 Å². The van der Waals surface area contributed by atoms with Gasteiger partial charge in [-0.25, -0.2) is 4.79 Å². The Morgan fingerprint density at radius 2 is 1.83 bits per heavy atom. The standard InChI is InChI=1S/C18H24N2O4/c21-14-11-16(17(22)19-13-7-3-1-4-8-13)20(12-14)18(23)24-15-9-5-2-6-10-15/h2,5-6,9-10,13-14,16,21H,1,3-4,7-8,11-12H2,(H,19,22)/t14-,16-/m1/s1. The molecule has 3 rings (SSSR count). The minimum Gasteiger partial charge on any atom is -0.410 e. The van der Waals surface area contributed by atoms with Crippen LogP contribution in [0.2, 0.25) is 0 Å². The van der Waals surface area contributed by atoms with Gasteiger partial charge in [0.2, 0.25) is 5.91 Å². The van der Waals surface area contributed by atoms with Crippen LogP contribution in [0.3, 0.4) is 0 Å². The lowest BCUT2D eigenvalue weighted by atomic mass is 9.95. The van der Waals surface area contributed by atoms with Crippen LogP contribution < -0.4 is 10.1 Å². The number of aliphatic hydroxyl groups is 1. The molecule has 1 aliphatic carbocycles. The fraction of sp³-hybridized carbons (Fsp3) is 0.556. The van der Waals surface area contributed by atoms with Gasteiger partial charge in [0.15, 0.2) is 0 Å². The molecule has 2 N–H and O–H groups in total. The summed E-state index contributed by atoms with van der Waals surface area (Å²) in [5, 5.41) is 12.9. The first-order valence-corrected chi connectivity index (χ1v) is 8.65. The minimum atomic E-state index is -0.699. The molecule has 2 amide bonds. The summed E-state index contributed by atoms with van der Waals surface area (Å²) in [5.41, 5.74) is 0. The Kier molecular flexibility index (Phi) is 5.35. The number of para-hydroxylation sites is 1. The summed E-state index contributed by atoms with van der Waals surface area (Å²) in [7, 11) is 0. The Bertz CT molecular complexity index is 572. The summed E-state index contributed by atoms with van der Waals surface area (Å²) in [4.78, 5) is 26.3. The van der Waals surface area contributed by atoms with Gasteiger partial charge in [-0.3, -0.25) is 9.69 Å². The zero-order valence-electron chi connectivity index (χ0n) is 13.7. The van der Waals surface area contributed by atoms with Crippen LogP contribution in [0, 0.1) is 0 Å². The van der Waals surface area contributed by atoms with Crippen molar-refractivity contribution in [1.82, 2.24) is 10.2 Å². The van der Waals surface area contributed by atoms with Crippen LogP contribution in [-0.2, 0) is 4.79 Å². The average molecular weight is 332 g/mol. The lowest BCUT2D eigenvalue weighted by molar-refractivity contribution is -0.125. The second-order valence-corrected chi connectivity index (χ2v) is 6.58. The van der Waals surface area contributed by atoms with Crippen LogP contribution in [-0.4, -0.2) is 46.7 Å². The van der Waals surface area contributed by atoms with E-state index in [1.807, 2.05) is 6.07 Å². The molecule has 1 heterocycles. The van der Waals surface area contributed by atoms with E-state index in [-0.39, 0.29) is 24.9 Å². The maximum atomic E-state index is 12.6. The Hall–Kier alpha value is -2.08. The predicted octanol–water partition coefficient (Wildman–Crippen LogP) is 2.07. The number of amides is 2. The normalized spacial score (nSPS) is 24.6. The number of nitrogens with one attached hydrogen (secondary N) is 1. The van der Waals surface area contributed by atoms with Gasteiger partial charge in [0.05, 0.1) is 12.6 Å². The molecule has 2 aliphatic rings. The van der Waals surface area contributed by atoms with Gasteiger partial charge in [0.25, 0.3) is 0 Å². The predicted molar refractivity (Wildman–Crippen MR) is 88.6 cm³/mol. The van der Waals surface area contributed by atoms with Crippen molar-refractivity contribution in [2.75, 3.05) is 6.54 Å². The van der Waals surface area contributed by atoms with Gasteiger partial charge in [0.1, 0.15) is 11.8 Å². The number of β-amino-alcohol motifs (C(OH)–C–C–N with tert-alkyl or cyclic N) is 1. The van der Waals surface area contributed by atoms with Crippen LogP contribution >= 0.6 is 0 Å². The van der Waals surface area contributed by atoms with Gasteiger partial charge >= 0.3 is 6.09 Å². The van der Waals surface area contributed by atoms with Crippen molar-refractivity contribution >= 4 is 12.0 Å². The molecule has 2 atom stereocenters. The van der Waals surface area contributed by atoms with E-state index in [4.69, 9.17) is 4.74 Å². The highest BCUT2D eigenvalue weighted by atomic mass is 16.6. The molecular formula is C18H24N2O4. The first kappa shape index (κ1) is 16.8. The zero-order valence-corrected chi connectivity index (χ0v) is 13.7. The van der Waals surface area contributed by atoms with Gasteiger partial charge in [-0.2, -0.15) is 0 Å². The molecule has 0 aromatic heterocycles. The third-order valence-corrected chi connectivity index (χ3v) is 4.72. The summed E-state index contributed by atoms with van der Waals surface area (Å²) >= 11 is 0. The summed E-state index contributed by atoms with van der Waals surface area (Å²) in [5.74, 6) is 0.235. The van der Waals surface area contributed by atoms with Crippen molar-refractivity contribution in [3.05, 3.63) is 30.3 Å². The smallest absolute Gasteiger partial charge is 0.410 e. The summed E-state index contributed by atoms with van der Waals surface area (Å²) < 4.78 is 5.31. The Balaban J connectivity index is 1.62. The van der Waals surface area contributed by atoms with E-state index in [9.17, 15) is 14.7 Å². The molecule has 1 aliphatic heterocycles. The molecule has 0 radical (unpaired) electrons. The average Bonchev–Trinajstić information content (AvgIpc) is 2.99. The third-order valence-electron chi connectivity index (χ3n) is 4.72. The number of likely N-dealkylation sites (tertiary alicyclic amines) is 1. The number of ether oxygens (including phenoxy) is 1. The largest absolute Gasteiger partial charge is 0.416 e. The lowest BCUT2D eigenvalue weighted by Crippen LogP contribution is -2.49. The molecule has 1 aromatic carbocycles. The second kappa shape index (κ2) is 7.66. The van der Waals surface area contributed by atoms with Gasteiger partial charge in [0, 0.05) is 12.5 Å². The van der Waals surface area contributed by atoms with Crippen LogP contribution in [0.15, 0.2) is 30.3 Å². The molecule has 0 bridgehead atoms. The molecule has 1 aromatic rings. The number of aliphatic hydroxyl groups excluding tert-OH is 1. The molecule has 2 fully saturated rings. The van der Waals surface area contributed by atoms with Gasteiger partial charge in [-0.1, -0.05) is 37.5 Å². The molecule has 6 nitrogen and oxygen atoms in total. The first-order chi connectivity index (χ1) is 11.6. The number of hydrogen-bond acceptors (Lipinski definition) is 4. The molecular weight excluding hydrogens is 308 g/mol. The molecule has 0 unspecified atom stereocenters. The van der Waals surface area contributed by atoms with Crippen LogP contribution in [0.4, 0.5) is 4.79 Å². The fourth-order valence-corrected chi connectivity index (χ4v) is 3.46. The number of benzene rings is 1. The van der Waals surface area contributed by atoms with Crippen LogP contribution in [0.1, 0.15) is 38.5 Å². The van der Waals surface area contributed by atoms with Crippen LogP contribution in [0.5, 0.6) is 5.75 Å². The zero-order chi connectivity index (χ0) is 16.9. The van der Waals surface area contributed by atoms with Crippen molar-refractivity contribution in [2.45, 2.75) is 56.7 Å². The highest BCUT2D eigenvalue weighted by Gasteiger charge is 2.40. The number of hydrogen-bond donors (Lipinski definition) is 2. The molecule has 6 heteroatoms. The third kappa shape index (κ3) is 4.06. The van der Waals surface area contributed by atoms with E-state index in [0.717, 1.165) is 25.7 Å². The van der Waals surface area contributed by atoms with Crippen molar-refractivity contribution in [3.8, 4) is 5.75 Å². The molecule has 1 saturated heterocycles. The summed E-state index contributed by atoms with van der Waals surface area (Å²) in [6.07, 6.45) is 4.38. The molecule has 24 heavy (non-hydrogen) atoms. The number of carbonyl (C=O) groups excluding carboxylic acids is 2. The number of carbonyl (C=O) groups is 2. The highest BCUT2D eigenvalue weighted by Crippen LogP contribution is 2.22. The Labute approximate surface area is 141 Å². The van der Waals surface area contributed by atoms with Crippen LogP contribution in [0.25, 0.3) is 0 Å². The van der Waals surface area contributed by atoms with Crippen molar-refractivity contribution in [2.24, 2.45) is 0 Å². The van der Waals surface area contributed by atoms with E-state index < -0.39 is 18.2 Å². The Morgan fingerprint density at radius 1 is 1.12 bits per heavy atom. The quantitative estimate of drug-likeness (QED) is 0.888. The lowest BCUT2D eigenvalue weighted by Gasteiger charge is -2.27. The van der Waals surface area contributed by atoms with Crippen molar-refractivity contribution in [3.63, 3.8) is 0 Å². The Morgan fingerprint density at radius 3 is 2.54 bits per heavy atom. The fourth-order valence-electron chi connectivity index (χ4n) is 3.46. The summed E-state index contributed by atoms with van der Waals surface area (Å²) in [6.45, 7) is 0.119. The van der Waals surface area contributed by atoms with E-state index in [2.05, 4.69) is 5.32 Å². The number of rotatable bonds is 3. The topological polar surface area (TPSA) is 78.9 Å². The van der Waals surface area contributed by atoms with E-state index in [0.29, 0.717) is 5.75 Å². The molecule has 1 saturated carbocycles. The van der Waals surface area contributed by atoms with Crippen molar-refractivity contribution < 1.29 is 19.4 Å². The number of nitrogens with zero attached hydrogens (tertiary/aromatic N) is 1. The molecule has 0 spiro atoms. The van der Waals surface area contributed by atoms with E-state index in [1.54, 1.807) is 24.3 Å².